The smallest absolute Gasteiger partial charge is 0.309 e. The van der Waals surface area contributed by atoms with Crippen LogP contribution < -0.4 is 4.74 Å². The SMILES string of the molecule is COc1cc2c(cc1O)[C@H](C)C1COC(=O)[C@@H]1C2. The number of phenolic OH excluding ortho intramolecular Hbond substituents is 1. The van der Waals surface area contributed by atoms with Crippen LogP contribution in [0.3, 0.4) is 0 Å². The Morgan fingerprint density at radius 1 is 1.44 bits per heavy atom. The minimum atomic E-state index is -0.0930. The molecule has 1 aromatic carbocycles. The Balaban J connectivity index is 2.07. The van der Waals surface area contributed by atoms with Gasteiger partial charge in [-0.15, -0.1) is 0 Å². The molecule has 1 saturated heterocycles. The van der Waals surface area contributed by atoms with E-state index in [4.69, 9.17) is 9.47 Å². The molecular formula is C14H16O4. The summed E-state index contributed by atoms with van der Waals surface area (Å²) < 4.78 is 10.3. The van der Waals surface area contributed by atoms with Gasteiger partial charge in [-0.05, 0) is 35.6 Å². The van der Waals surface area contributed by atoms with E-state index in [1.165, 1.54) is 7.11 Å². The first-order chi connectivity index (χ1) is 8.61. The van der Waals surface area contributed by atoms with Crippen LogP contribution in [0.25, 0.3) is 0 Å². The molecule has 0 aromatic heterocycles. The van der Waals surface area contributed by atoms with Gasteiger partial charge in [0.25, 0.3) is 0 Å². The number of phenols is 1. The maximum Gasteiger partial charge on any atom is 0.309 e. The van der Waals surface area contributed by atoms with E-state index in [1.54, 1.807) is 6.07 Å². The molecule has 0 spiro atoms. The lowest BCUT2D eigenvalue weighted by Gasteiger charge is -2.31. The first-order valence-electron chi connectivity index (χ1n) is 6.18. The lowest BCUT2D eigenvalue weighted by Crippen LogP contribution is -2.28. The van der Waals surface area contributed by atoms with E-state index >= 15 is 0 Å². The number of hydrogen-bond acceptors (Lipinski definition) is 4. The summed E-state index contributed by atoms with van der Waals surface area (Å²) >= 11 is 0. The van der Waals surface area contributed by atoms with Gasteiger partial charge in [0.1, 0.15) is 0 Å². The molecule has 3 atom stereocenters. The molecule has 2 aliphatic rings. The Morgan fingerprint density at radius 3 is 2.94 bits per heavy atom. The fourth-order valence-corrected chi connectivity index (χ4v) is 3.16. The zero-order chi connectivity index (χ0) is 12.9. The molecule has 96 valence electrons. The zero-order valence-electron chi connectivity index (χ0n) is 10.5. The quantitative estimate of drug-likeness (QED) is 0.771. The number of fused-ring (bicyclic) bond motifs is 2. The van der Waals surface area contributed by atoms with Crippen LogP contribution in [-0.2, 0) is 16.0 Å². The topological polar surface area (TPSA) is 55.8 Å². The van der Waals surface area contributed by atoms with Gasteiger partial charge in [-0.25, -0.2) is 0 Å². The predicted octanol–water partition coefficient (Wildman–Crippen LogP) is 1.85. The van der Waals surface area contributed by atoms with Crippen LogP contribution in [0.4, 0.5) is 0 Å². The summed E-state index contributed by atoms with van der Waals surface area (Å²) in [5, 5.41) is 9.85. The van der Waals surface area contributed by atoms with Crippen LogP contribution in [-0.4, -0.2) is 24.8 Å². The molecule has 0 bridgehead atoms. The van der Waals surface area contributed by atoms with Crippen LogP contribution >= 0.6 is 0 Å². The van der Waals surface area contributed by atoms with Crippen molar-refractivity contribution in [2.45, 2.75) is 19.3 Å². The van der Waals surface area contributed by atoms with Crippen LogP contribution in [0.5, 0.6) is 11.5 Å². The van der Waals surface area contributed by atoms with Crippen molar-refractivity contribution in [3.05, 3.63) is 23.3 Å². The van der Waals surface area contributed by atoms with Gasteiger partial charge in [0, 0.05) is 5.92 Å². The maximum atomic E-state index is 11.7. The summed E-state index contributed by atoms with van der Waals surface area (Å²) in [6.07, 6.45) is 0.680. The molecule has 1 aromatic rings. The number of rotatable bonds is 1. The molecule has 0 saturated carbocycles. The van der Waals surface area contributed by atoms with Gasteiger partial charge < -0.3 is 14.6 Å². The summed E-state index contributed by atoms with van der Waals surface area (Å²) in [6.45, 7) is 2.58. The molecule has 0 radical (unpaired) electrons. The molecule has 4 heteroatoms. The first kappa shape index (κ1) is 11.4. The van der Waals surface area contributed by atoms with Crippen LogP contribution in [0, 0.1) is 11.8 Å². The lowest BCUT2D eigenvalue weighted by atomic mass is 9.71. The Kier molecular flexibility index (Phi) is 2.47. The van der Waals surface area contributed by atoms with Gasteiger partial charge in [0.15, 0.2) is 11.5 Å². The standard InChI is InChI=1S/C14H16O4/c1-7-9-5-12(15)13(17-2)4-8(9)3-10-11(7)6-18-14(10)16/h4-5,7,10-11,15H,3,6H2,1-2H3/t7-,10+,11?/m0/s1. The van der Waals surface area contributed by atoms with Crippen LogP contribution in [0.2, 0.25) is 0 Å². The number of benzene rings is 1. The number of methoxy groups -OCH3 is 1. The second-order valence-electron chi connectivity index (χ2n) is 5.12. The van der Waals surface area contributed by atoms with Crippen molar-refractivity contribution in [2.24, 2.45) is 11.8 Å². The minimum Gasteiger partial charge on any atom is -0.504 e. The van der Waals surface area contributed by atoms with E-state index in [9.17, 15) is 9.90 Å². The number of carbonyl (C=O) groups excluding carboxylic acids is 1. The molecule has 1 aliphatic heterocycles. The molecule has 0 amide bonds. The molecule has 1 N–H and O–H groups in total. The van der Waals surface area contributed by atoms with Gasteiger partial charge in [-0.2, -0.15) is 0 Å². The van der Waals surface area contributed by atoms with Gasteiger partial charge >= 0.3 is 5.97 Å². The van der Waals surface area contributed by atoms with Crippen molar-refractivity contribution in [2.75, 3.05) is 13.7 Å². The van der Waals surface area contributed by atoms with Crippen LogP contribution in [0.1, 0.15) is 24.0 Å². The van der Waals surface area contributed by atoms with E-state index in [-0.39, 0.29) is 29.5 Å². The van der Waals surface area contributed by atoms with E-state index in [1.807, 2.05) is 6.07 Å². The third kappa shape index (κ3) is 1.48. The Hall–Kier alpha value is -1.71. The fourth-order valence-electron chi connectivity index (χ4n) is 3.16. The normalized spacial score (nSPS) is 29.4. The van der Waals surface area contributed by atoms with Crippen molar-refractivity contribution in [3.63, 3.8) is 0 Å². The summed E-state index contributed by atoms with van der Waals surface area (Å²) in [5.41, 5.74) is 2.19. The highest BCUT2D eigenvalue weighted by Gasteiger charge is 2.44. The monoisotopic (exact) mass is 248 g/mol. The van der Waals surface area contributed by atoms with Gasteiger partial charge in [-0.1, -0.05) is 6.92 Å². The number of aromatic hydroxyl groups is 1. The van der Waals surface area contributed by atoms with Gasteiger partial charge in [-0.3, -0.25) is 4.79 Å². The molecule has 1 heterocycles. The van der Waals surface area contributed by atoms with Gasteiger partial charge in [0.2, 0.25) is 0 Å². The van der Waals surface area contributed by atoms with Crippen molar-refractivity contribution in [1.82, 2.24) is 0 Å². The minimum absolute atomic E-state index is 0.0400. The van der Waals surface area contributed by atoms with Gasteiger partial charge in [0.05, 0.1) is 19.6 Å². The highest BCUT2D eigenvalue weighted by molar-refractivity contribution is 5.76. The van der Waals surface area contributed by atoms with E-state index in [0.717, 1.165) is 11.1 Å². The van der Waals surface area contributed by atoms with Crippen molar-refractivity contribution < 1.29 is 19.4 Å². The molecular weight excluding hydrogens is 232 g/mol. The average molecular weight is 248 g/mol. The molecule has 4 nitrogen and oxygen atoms in total. The zero-order valence-corrected chi connectivity index (χ0v) is 10.5. The summed E-state index contributed by atoms with van der Waals surface area (Å²) in [6, 6.07) is 3.60. The number of hydrogen-bond donors (Lipinski definition) is 1. The van der Waals surface area contributed by atoms with Crippen molar-refractivity contribution >= 4 is 5.97 Å². The highest BCUT2D eigenvalue weighted by atomic mass is 16.5. The van der Waals surface area contributed by atoms with Crippen molar-refractivity contribution in [3.8, 4) is 11.5 Å². The fraction of sp³-hybridized carbons (Fsp3) is 0.500. The first-order valence-corrected chi connectivity index (χ1v) is 6.18. The summed E-state index contributed by atoms with van der Waals surface area (Å²) in [5.74, 6) is 0.948. The third-order valence-corrected chi connectivity index (χ3v) is 4.25. The number of carbonyl (C=O) groups is 1. The predicted molar refractivity (Wildman–Crippen MR) is 64.7 cm³/mol. The molecule has 1 fully saturated rings. The number of ether oxygens (including phenoxy) is 2. The number of cyclic esters (lactones) is 1. The molecule has 3 rings (SSSR count). The summed E-state index contributed by atoms with van der Waals surface area (Å²) in [7, 11) is 1.53. The van der Waals surface area contributed by atoms with E-state index in [2.05, 4.69) is 6.92 Å². The second kappa shape index (κ2) is 3.90. The molecule has 1 unspecified atom stereocenters. The number of esters is 1. The lowest BCUT2D eigenvalue weighted by molar-refractivity contribution is -0.141. The Labute approximate surface area is 106 Å². The largest absolute Gasteiger partial charge is 0.504 e. The van der Waals surface area contributed by atoms with Crippen LogP contribution in [0.15, 0.2) is 12.1 Å². The van der Waals surface area contributed by atoms with E-state index < -0.39 is 0 Å². The molecule has 18 heavy (non-hydrogen) atoms. The third-order valence-electron chi connectivity index (χ3n) is 4.25. The average Bonchev–Trinajstić information content (AvgIpc) is 2.72. The van der Waals surface area contributed by atoms with E-state index in [0.29, 0.717) is 18.8 Å². The van der Waals surface area contributed by atoms with Crippen molar-refractivity contribution in [1.29, 1.82) is 0 Å². The summed E-state index contributed by atoms with van der Waals surface area (Å²) in [4.78, 5) is 11.7. The maximum absolute atomic E-state index is 11.7. The molecule has 1 aliphatic carbocycles. The highest BCUT2D eigenvalue weighted by Crippen LogP contribution is 2.46. The Morgan fingerprint density at radius 2 is 2.22 bits per heavy atom. The second-order valence-corrected chi connectivity index (χ2v) is 5.12. The Bertz CT molecular complexity index is 509.